The third-order valence-corrected chi connectivity index (χ3v) is 5.49. The first kappa shape index (κ1) is 19.6. The first-order chi connectivity index (χ1) is 15.2. The highest BCUT2D eigenvalue weighted by Crippen LogP contribution is 2.29. The number of benzene rings is 2. The molecule has 0 aliphatic heterocycles. The maximum Gasteiger partial charge on any atom is 0.165 e. The van der Waals surface area contributed by atoms with E-state index in [2.05, 4.69) is 37.0 Å². The maximum absolute atomic E-state index is 13.8. The molecule has 0 atom stereocenters. The second-order valence-electron chi connectivity index (χ2n) is 7.46. The van der Waals surface area contributed by atoms with Gasteiger partial charge >= 0.3 is 0 Å². The first-order valence-corrected chi connectivity index (χ1v) is 10.3. The summed E-state index contributed by atoms with van der Waals surface area (Å²) in [4.78, 5) is 12.8. The largest absolute Gasteiger partial charge is 0.359 e. The highest BCUT2D eigenvalue weighted by Gasteiger charge is 2.11. The smallest absolute Gasteiger partial charge is 0.165 e. The number of rotatable bonds is 8. The van der Waals surface area contributed by atoms with Crippen molar-refractivity contribution in [2.45, 2.75) is 20.2 Å². The Morgan fingerprint density at radius 3 is 2.81 bits per heavy atom. The van der Waals surface area contributed by atoms with E-state index in [1.54, 1.807) is 12.4 Å². The van der Waals surface area contributed by atoms with Gasteiger partial charge in [0.15, 0.2) is 5.65 Å². The second-order valence-corrected chi connectivity index (χ2v) is 7.46. The van der Waals surface area contributed by atoms with Crippen LogP contribution in [0.2, 0.25) is 0 Å². The van der Waals surface area contributed by atoms with Gasteiger partial charge in [0.05, 0.1) is 24.1 Å². The Kier molecular flexibility index (Phi) is 5.31. The zero-order chi connectivity index (χ0) is 21.2. The van der Waals surface area contributed by atoms with Gasteiger partial charge < -0.3 is 14.6 Å². The number of aromatic nitrogens is 5. The van der Waals surface area contributed by atoms with E-state index in [-0.39, 0.29) is 5.82 Å². The van der Waals surface area contributed by atoms with E-state index < -0.39 is 0 Å². The van der Waals surface area contributed by atoms with Crippen LogP contribution in [0.3, 0.4) is 0 Å². The van der Waals surface area contributed by atoms with Crippen LogP contribution < -0.4 is 5.32 Å². The van der Waals surface area contributed by atoms with Crippen molar-refractivity contribution in [3.63, 3.8) is 0 Å². The van der Waals surface area contributed by atoms with Gasteiger partial charge in [0.25, 0.3) is 0 Å². The Balaban J connectivity index is 1.16. The normalized spacial score (nSPS) is 11.8. The molecular weight excluding hydrogens is 395 g/mol. The molecule has 0 radical (unpaired) electrons. The van der Waals surface area contributed by atoms with Crippen molar-refractivity contribution in [3.8, 4) is 0 Å². The molecule has 0 aliphatic rings. The topological polar surface area (TPSA) is 69.8 Å². The summed E-state index contributed by atoms with van der Waals surface area (Å²) in [5.74, 6) is -0.217. The lowest BCUT2D eigenvalue weighted by molar-refractivity contribution is 0.0811. The number of halogens is 1. The molecule has 0 unspecified atom stereocenters. The lowest BCUT2D eigenvalue weighted by atomic mass is 10.1. The molecule has 8 heteroatoms. The Hall–Kier alpha value is -3.36. The van der Waals surface area contributed by atoms with Crippen LogP contribution in [-0.2, 0) is 18.0 Å². The summed E-state index contributed by atoms with van der Waals surface area (Å²) < 4.78 is 23.7. The van der Waals surface area contributed by atoms with E-state index in [4.69, 9.17) is 4.74 Å². The number of nitrogens with zero attached hydrogens (tertiary/aromatic N) is 5. The average Bonchev–Trinajstić information content (AvgIpc) is 3.33. The lowest BCUT2D eigenvalue weighted by Gasteiger charge is -2.10. The number of ether oxygens (including phenoxy) is 1. The van der Waals surface area contributed by atoms with Crippen molar-refractivity contribution in [1.82, 2.24) is 29.4 Å². The number of hydrogen-bond donors (Lipinski definition) is 1. The molecule has 1 N–H and O–H groups in total. The van der Waals surface area contributed by atoms with Crippen LogP contribution >= 0.6 is 0 Å². The van der Waals surface area contributed by atoms with E-state index in [1.165, 1.54) is 12.4 Å². The Bertz CT molecular complexity index is 1360. The number of para-hydroxylation sites is 1. The predicted molar refractivity (Wildman–Crippen MR) is 118 cm³/mol. The van der Waals surface area contributed by atoms with Gasteiger partial charge in [-0.2, -0.15) is 0 Å². The number of aryl methyl sites for hydroxylation is 1. The molecule has 0 bridgehead atoms. The van der Waals surface area contributed by atoms with Crippen molar-refractivity contribution >= 4 is 33.0 Å². The van der Waals surface area contributed by atoms with Gasteiger partial charge in [0, 0.05) is 35.9 Å². The van der Waals surface area contributed by atoms with E-state index >= 15 is 0 Å². The fourth-order valence-corrected chi connectivity index (χ4v) is 3.98. The van der Waals surface area contributed by atoms with Gasteiger partial charge in [-0.1, -0.05) is 18.2 Å². The van der Waals surface area contributed by atoms with Crippen LogP contribution in [0.1, 0.15) is 5.69 Å². The molecule has 3 aromatic heterocycles. The molecule has 31 heavy (non-hydrogen) atoms. The molecule has 7 nitrogen and oxygen atoms in total. The van der Waals surface area contributed by atoms with Gasteiger partial charge in [-0.05, 0) is 31.2 Å². The van der Waals surface area contributed by atoms with Crippen LogP contribution in [0.15, 0.2) is 55.1 Å². The van der Waals surface area contributed by atoms with Gasteiger partial charge in [-0.3, -0.25) is 4.57 Å². The first-order valence-electron chi connectivity index (χ1n) is 10.3. The van der Waals surface area contributed by atoms with Crippen LogP contribution in [0, 0.1) is 12.7 Å². The minimum atomic E-state index is -0.217. The van der Waals surface area contributed by atoms with E-state index in [0.29, 0.717) is 19.9 Å². The van der Waals surface area contributed by atoms with Gasteiger partial charge in [-0.25, -0.2) is 19.3 Å². The monoisotopic (exact) mass is 418 g/mol. The summed E-state index contributed by atoms with van der Waals surface area (Å²) >= 11 is 0. The zero-order valence-corrected chi connectivity index (χ0v) is 17.3. The molecule has 158 valence electrons. The van der Waals surface area contributed by atoms with Crippen molar-refractivity contribution in [2.24, 2.45) is 0 Å². The number of hydrogen-bond acceptors (Lipinski definition) is 5. The van der Waals surface area contributed by atoms with E-state index in [1.807, 2.05) is 29.7 Å². The van der Waals surface area contributed by atoms with Crippen LogP contribution in [0.25, 0.3) is 33.0 Å². The maximum atomic E-state index is 13.8. The predicted octanol–water partition coefficient (Wildman–Crippen LogP) is 3.65. The van der Waals surface area contributed by atoms with E-state index in [9.17, 15) is 4.39 Å². The third-order valence-electron chi connectivity index (χ3n) is 5.49. The molecule has 0 saturated carbocycles. The zero-order valence-electron chi connectivity index (χ0n) is 17.3. The molecule has 0 saturated heterocycles. The average molecular weight is 418 g/mol. The molecule has 0 spiro atoms. The molecular formula is C23H23FN6O. The standard InChI is InChI=1S/C23H23FN6O/c1-16-22-23(27-13-26-16)29(14-28-22)15-31-11-9-25-8-10-30-20-5-3-2-4-18(20)19-7-6-17(24)12-21(19)30/h2-7,12-14,25H,8-11,15H2,1H3. The van der Waals surface area contributed by atoms with Crippen LogP contribution in [-0.4, -0.2) is 43.8 Å². The van der Waals surface area contributed by atoms with Gasteiger partial charge in [0.2, 0.25) is 0 Å². The van der Waals surface area contributed by atoms with E-state index in [0.717, 1.165) is 51.8 Å². The second kappa shape index (κ2) is 8.41. The van der Waals surface area contributed by atoms with Crippen molar-refractivity contribution in [2.75, 3.05) is 19.7 Å². The van der Waals surface area contributed by atoms with Gasteiger partial charge in [0.1, 0.15) is 24.4 Å². The quantitative estimate of drug-likeness (QED) is 0.390. The Morgan fingerprint density at radius 1 is 1.00 bits per heavy atom. The molecule has 5 aromatic rings. The van der Waals surface area contributed by atoms with Crippen molar-refractivity contribution < 1.29 is 9.13 Å². The summed E-state index contributed by atoms with van der Waals surface area (Å²) in [7, 11) is 0. The minimum Gasteiger partial charge on any atom is -0.359 e. The number of nitrogens with one attached hydrogen (secondary N) is 1. The highest BCUT2D eigenvalue weighted by molar-refractivity contribution is 6.07. The van der Waals surface area contributed by atoms with Crippen molar-refractivity contribution in [3.05, 3.63) is 66.6 Å². The molecule has 5 rings (SSSR count). The Morgan fingerprint density at radius 2 is 1.87 bits per heavy atom. The fourth-order valence-electron chi connectivity index (χ4n) is 3.98. The third kappa shape index (κ3) is 3.75. The minimum absolute atomic E-state index is 0.217. The molecule has 0 amide bonds. The Labute approximate surface area is 178 Å². The number of imidazole rings is 1. The molecule has 0 aliphatic carbocycles. The lowest BCUT2D eigenvalue weighted by Crippen LogP contribution is -2.24. The summed E-state index contributed by atoms with van der Waals surface area (Å²) in [6, 6.07) is 13.2. The highest BCUT2D eigenvalue weighted by atomic mass is 19.1. The summed E-state index contributed by atoms with van der Waals surface area (Å²) in [5, 5.41) is 5.63. The molecule has 2 aromatic carbocycles. The summed E-state index contributed by atoms with van der Waals surface area (Å²) in [6.45, 7) is 5.08. The number of fused-ring (bicyclic) bond motifs is 4. The van der Waals surface area contributed by atoms with Gasteiger partial charge in [-0.15, -0.1) is 0 Å². The summed E-state index contributed by atoms with van der Waals surface area (Å²) in [6.07, 6.45) is 3.26. The van der Waals surface area contributed by atoms with Crippen molar-refractivity contribution in [1.29, 1.82) is 0 Å². The molecule has 0 fully saturated rings. The fraction of sp³-hybridized carbons (Fsp3) is 0.261. The van der Waals surface area contributed by atoms with Crippen LogP contribution in [0.5, 0.6) is 0 Å². The SMILES string of the molecule is Cc1ncnc2c1ncn2COCCNCCn1c2ccccc2c2ccc(F)cc21. The van der Waals surface area contributed by atoms with Crippen LogP contribution in [0.4, 0.5) is 4.39 Å². The summed E-state index contributed by atoms with van der Waals surface area (Å²) in [5.41, 5.74) is 4.47. The molecule has 3 heterocycles.